The molecule has 1 aromatic rings. The molecule has 0 saturated carbocycles. The lowest BCUT2D eigenvalue weighted by Crippen LogP contribution is -2.51. The molecule has 4 nitrogen and oxygen atoms in total. The number of likely N-dealkylation sites (tertiary alicyclic amines) is 1. The molecule has 2 atom stereocenters. The lowest BCUT2D eigenvalue weighted by atomic mass is 10.0. The van der Waals surface area contributed by atoms with E-state index in [-0.39, 0.29) is 11.9 Å². The van der Waals surface area contributed by atoms with Gasteiger partial charge in [0.1, 0.15) is 5.75 Å². The smallest absolute Gasteiger partial charge is 0.263 e. The predicted molar refractivity (Wildman–Crippen MR) is 85.0 cm³/mol. The predicted octanol–water partition coefficient (Wildman–Crippen LogP) is 3.10. The van der Waals surface area contributed by atoms with Crippen LogP contribution >= 0.6 is 23.2 Å². The molecule has 1 aliphatic heterocycles. The minimum atomic E-state index is -0.575. The van der Waals surface area contributed by atoms with E-state index in [1.807, 2.05) is 4.90 Å². The number of halogens is 2. The number of piperidine rings is 1. The Kier molecular flexibility index (Phi) is 5.73. The summed E-state index contributed by atoms with van der Waals surface area (Å²) in [6.07, 6.45) is 2.52. The molecular weight excluding hydrogens is 311 g/mol. The van der Waals surface area contributed by atoms with Crippen LogP contribution < -0.4 is 10.5 Å². The lowest BCUT2D eigenvalue weighted by molar-refractivity contribution is -0.141. The minimum absolute atomic E-state index is 0.0313. The van der Waals surface area contributed by atoms with Gasteiger partial charge in [-0.05, 0) is 38.3 Å². The van der Waals surface area contributed by atoms with Gasteiger partial charge in [-0.25, -0.2) is 0 Å². The zero-order chi connectivity index (χ0) is 15.4. The van der Waals surface area contributed by atoms with Gasteiger partial charge in [-0.3, -0.25) is 4.79 Å². The number of carbonyl (C=O) groups excluding carboxylic acids is 1. The highest BCUT2D eigenvalue weighted by Crippen LogP contribution is 2.27. The van der Waals surface area contributed by atoms with Crippen molar-refractivity contribution in [3.8, 4) is 5.75 Å². The summed E-state index contributed by atoms with van der Waals surface area (Å²) < 4.78 is 5.68. The standard InChI is InChI=1S/C15H20Cl2N2O2/c1-10(21-12-5-6-13(16)14(17)8-12)15(20)19-7-3-2-4-11(19)9-18/h5-6,8,10-11H,2-4,7,9,18H2,1H3. The highest BCUT2D eigenvalue weighted by molar-refractivity contribution is 6.42. The third-order valence-electron chi connectivity index (χ3n) is 3.73. The summed E-state index contributed by atoms with van der Waals surface area (Å²) in [7, 11) is 0. The summed E-state index contributed by atoms with van der Waals surface area (Å²) >= 11 is 11.8. The Hall–Kier alpha value is -0.970. The Morgan fingerprint density at radius 2 is 2.19 bits per heavy atom. The zero-order valence-corrected chi connectivity index (χ0v) is 13.5. The molecule has 0 radical (unpaired) electrons. The monoisotopic (exact) mass is 330 g/mol. The molecular formula is C15H20Cl2N2O2. The van der Waals surface area contributed by atoms with Gasteiger partial charge in [0.25, 0.3) is 5.91 Å². The second kappa shape index (κ2) is 7.34. The SMILES string of the molecule is CC(Oc1ccc(Cl)c(Cl)c1)C(=O)N1CCCCC1CN. The number of hydrogen-bond donors (Lipinski definition) is 1. The average Bonchev–Trinajstić information content (AvgIpc) is 2.50. The lowest BCUT2D eigenvalue weighted by Gasteiger charge is -2.36. The maximum Gasteiger partial charge on any atom is 0.263 e. The van der Waals surface area contributed by atoms with Crippen LogP contribution in [0.4, 0.5) is 0 Å². The first kappa shape index (κ1) is 16.4. The van der Waals surface area contributed by atoms with Crippen LogP contribution in [0.3, 0.4) is 0 Å². The molecule has 0 aliphatic carbocycles. The topological polar surface area (TPSA) is 55.6 Å². The van der Waals surface area contributed by atoms with Gasteiger partial charge < -0.3 is 15.4 Å². The molecule has 21 heavy (non-hydrogen) atoms. The van der Waals surface area contributed by atoms with Gasteiger partial charge in [0, 0.05) is 25.2 Å². The molecule has 2 N–H and O–H groups in total. The molecule has 0 bridgehead atoms. The summed E-state index contributed by atoms with van der Waals surface area (Å²) in [6, 6.07) is 5.09. The van der Waals surface area contributed by atoms with Gasteiger partial charge in [-0.1, -0.05) is 23.2 Å². The third-order valence-corrected chi connectivity index (χ3v) is 4.47. The molecule has 0 aromatic heterocycles. The Labute approximate surface area is 135 Å². The first-order chi connectivity index (χ1) is 10.0. The van der Waals surface area contributed by atoms with Gasteiger partial charge in [0.2, 0.25) is 0 Å². The first-order valence-electron chi connectivity index (χ1n) is 7.15. The molecule has 2 unspecified atom stereocenters. The van der Waals surface area contributed by atoms with Crippen LogP contribution in [-0.2, 0) is 4.79 Å². The zero-order valence-electron chi connectivity index (χ0n) is 12.0. The van der Waals surface area contributed by atoms with Crippen molar-refractivity contribution in [1.29, 1.82) is 0 Å². The summed E-state index contributed by atoms with van der Waals surface area (Å²) in [6.45, 7) is 2.98. The highest BCUT2D eigenvalue weighted by atomic mass is 35.5. The van der Waals surface area contributed by atoms with E-state index in [4.69, 9.17) is 33.7 Å². The number of ether oxygens (including phenoxy) is 1. The summed E-state index contributed by atoms with van der Waals surface area (Å²) in [5.74, 6) is 0.503. The van der Waals surface area contributed by atoms with Crippen LogP contribution in [-0.4, -0.2) is 36.0 Å². The van der Waals surface area contributed by atoms with E-state index >= 15 is 0 Å². The van der Waals surface area contributed by atoms with E-state index in [1.165, 1.54) is 0 Å². The normalized spacial score (nSPS) is 20.2. The number of carbonyl (C=O) groups is 1. The van der Waals surface area contributed by atoms with Crippen LogP contribution in [0.15, 0.2) is 18.2 Å². The van der Waals surface area contributed by atoms with E-state index in [2.05, 4.69) is 0 Å². The Morgan fingerprint density at radius 1 is 1.43 bits per heavy atom. The van der Waals surface area contributed by atoms with Crippen molar-refractivity contribution in [3.63, 3.8) is 0 Å². The highest BCUT2D eigenvalue weighted by Gasteiger charge is 2.29. The number of hydrogen-bond acceptors (Lipinski definition) is 3. The fraction of sp³-hybridized carbons (Fsp3) is 0.533. The first-order valence-corrected chi connectivity index (χ1v) is 7.90. The number of benzene rings is 1. The fourth-order valence-electron chi connectivity index (χ4n) is 2.57. The van der Waals surface area contributed by atoms with Gasteiger partial charge in [0.15, 0.2) is 6.10 Å². The molecule has 0 spiro atoms. The van der Waals surface area contributed by atoms with E-state index < -0.39 is 6.10 Å². The van der Waals surface area contributed by atoms with Crippen molar-refractivity contribution in [2.45, 2.75) is 38.3 Å². The van der Waals surface area contributed by atoms with Crippen molar-refractivity contribution in [1.82, 2.24) is 4.90 Å². The Bertz CT molecular complexity index is 510. The third kappa shape index (κ3) is 4.02. The van der Waals surface area contributed by atoms with Gasteiger partial charge in [0.05, 0.1) is 10.0 Å². The second-order valence-electron chi connectivity index (χ2n) is 5.25. The fourth-order valence-corrected chi connectivity index (χ4v) is 2.86. The molecule has 1 saturated heterocycles. The molecule has 1 aromatic carbocycles. The number of rotatable bonds is 4. The van der Waals surface area contributed by atoms with Gasteiger partial charge in [-0.2, -0.15) is 0 Å². The van der Waals surface area contributed by atoms with Crippen LogP contribution in [0.2, 0.25) is 10.0 Å². The van der Waals surface area contributed by atoms with Crippen molar-refractivity contribution in [2.24, 2.45) is 5.73 Å². The van der Waals surface area contributed by atoms with E-state index in [9.17, 15) is 4.79 Å². The number of nitrogens with two attached hydrogens (primary N) is 1. The second-order valence-corrected chi connectivity index (χ2v) is 6.07. The van der Waals surface area contributed by atoms with E-state index in [0.29, 0.717) is 22.3 Å². The van der Waals surface area contributed by atoms with Gasteiger partial charge in [-0.15, -0.1) is 0 Å². The largest absolute Gasteiger partial charge is 0.481 e. The van der Waals surface area contributed by atoms with E-state index in [0.717, 1.165) is 25.8 Å². The maximum absolute atomic E-state index is 12.5. The summed E-state index contributed by atoms with van der Waals surface area (Å²) in [5.41, 5.74) is 5.75. The molecule has 1 aliphatic rings. The molecule has 1 heterocycles. The van der Waals surface area contributed by atoms with Crippen molar-refractivity contribution in [2.75, 3.05) is 13.1 Å². The average molecular weight is 331 g/mol. The van der Waals surface area contributed by atoms with Crippen molar-refractivity contribution >= 4 is 29.1 Å². The maximum atomic E-state index is 12.5. The van der Waals surface area contributed by atoms with Gasteiger partial charge >= 0.3 is 0 Å². The summed E-state index contributed by atoms with van der Waals surface area (Å²) in [4.78, 5) is 14.3. The Morgan fingerprint density at radius 3 is 2.86 bits per heavy atom. The quantitative estimate of drug-likeness (QED) is 0.922. The van der Waals surface area contributed by atoms with Crippen molar-refractivity contribution < 1.29 is 9.53 Å². The van der Waals surface area contributed by atoms with Crippen LogP contribution in [0, 0.1) is 0 Å². The van der Waals surface area contributed by atoms with E-state index in [1.54, 1.807) is 25.1 Å². The van der Waals surface area contributed by atoms with Crippen LogP contribution in [0.5, 0.6) is 5.75 Å². The molecule has 116 valence electrons. The van der Waals surface area contributed by atoms with Crippen LogP contribution in [0.1, 0.15) is 26.2 Å². The molecule has 6 heteroatoms. The molecule has 1 amide bonds. The summed E-state index contributed by atoms with van der Waals surface area (Å²) in [5, 5.41) is 0.869. The van der Waals surface area contributed by atoms with Crippen LogP contribution in [0.25, 0.3) is 0 Å². The molecule has 1 fully saturated rings. The minimum Gasteiger partial charge on any atom is -0.481 e. The number of amides is 1. The molecule has 2 rings (SSSR count). The number of nitrogens with zero attached hydrogens (tertiary/aromatic N) is 1. The Balaban J connectivity index is 2.02. The van der Waals surface area contributed by atoms with Crippen molar-refractivity contribution in [3.05, 3.63) is 28.2 Å².